The maximum absolute atomic E-state index is 5.19. The van der Waals surface area contributed by atoms with Crippen molar-refractivity contribution in [1.29, 1.82) is 0 Å². The van der Waals surface area contributed by atoms with Crippen molar-refractivity contribution in [3.05, 3.63) is 140 Å². The van der Waals surface area contributed by atoms with Gasteiger partial charge in [0.2, 0.25) is 0 Å². The van der Waals surface area contributed by atoms with Gasteiger partial charge in [-0.2, -0.15) is 0 Å². The molecule has 0 saturated carbocycles. The van der Waals surface area contributed by atoms with Crippen LogP contribution >= 0.6 is 11.3 Å². The minimum atomic E-state index is 0.631. The van der Waals surface area contributed by atoms with Gasteiger partial charge in [-0.3, -0.25) is 4.98 Å². The van der Waals surface area contributed by atoms with Gasteiger partial charge in [0.15, 0.2) is 17.5 Å². The van der Waals surface area contributed by atoms with Crippen LogP contribution < -0.4 is 0 Å². The van der Waals surface area contributed by atoms with Crippen LogP contribution in [0.4, 0.5) is 0 Å². The van der Waals surface area contributed by atoms with Gasteiger partial charge in [0.05, 0.1) is 16.7 Å². The molecule has 0 unspecified atom stereocenters. The Morgan fingerprint density at radius 1 is 0.444 bits per heavy atom. The van der Waals surface area contributed by atoms with Gasteiger partial charge in [-0.25, -0.2) is 19.9 Å². The smallest absolute Gasteiger partial charge is 0.164 e. The molecule has 6 heteroatoms. The predicted octanol–water partition coefficient (Wildman–Crippen LogP) is 10.0. The van der Waals surface area contributed by atoms with Crippen molar-refractivity contribution in [1.82, 2.24) is 24.9 Å². The highest BCUT2D eigenvalue weighted by Gasteiger charge is 2.19. The topological polar surface area (TPSA) is 64.5 Å². The molecule has 0 fully saturated rings. The lowest BCUT2D eigenvalue weighted by Gasteiger charge is -2.12. The Hall–Kier alpha value is -5.85. The Balaban J connectivity index is 1.34. The summed E-state index contributed by atoms with van der Waals surface area (Å²) in [7, 11) is 0. The number of nitrogens with zero attached hydrogens (tertiary/aromatic N) is 5. The van der Waals surface area contributed by atoms with Crippen molar-refractivity contribution in [3.8, 4) is 45.4 Å². The molecule has 210 valence electrons. The molecule has 5 aromatic carbocycles. The maximum atomic E-state index is 5.19. The normalized spacial score (nSPS) is 11.6. The van der Waals surface area contributed by atoms with E-state index in [9.17, 15) is 0 Å². The van der Waals surface area contributed by atoms with Crippen LogP contribution in [0.5, 0.6) is 0 Å². The van der Waals surface area contributed by atoms with E-state index in [-0.39, 0.29) is 0 Å². The largest absolute Gasteiger partial charge is 0.254 e. The number of aromatic nitrogens is 5. The van der Waals surface area contributed by atoms with Crippen LogP contribution in [0.15, 0.2) is 140 Å². The summed E-state index contributed by atoms with van der Waals surface area (Å²) in [5.74, 6) is 1.91. The fourth-order valence-electron chi connectivity index (χ4n) is 5.99. The fourth-order valence-corrected chi connectivity index (χ4v) is 7.16. The number of benzene rings is 5. The molecule has 0 spiro atoms. The van der Waals surface area contributed by atoms with Crippen molar-refractivity contribution >= 4 is 53.3 Å². The van der Waals surface area contributed by atoms with E-state index in [0.717, 1.165) is 59.8 Å². The fraction of sp³-hybridized carbons (Fsp3) is 0. The molecule has 0 bridgehead atoms. The van der Waals surface area contributed by atoms with Crippen LogP contribution in [0.3, 0.4) is 0 Å². The monoisotopic (exact) mass is 593 g/mol. The van der Waals surface area contributed by atoms with Gasteiger partial charge in [-0.15, -0.1) is 11.3 Å². The quantitative estimate of drug-likeness (QED) is 0.190. The molecule has 0 atom stereocenters. The van der Waals surface area contributed by atoms with Gasteiger partial charge in [0.25, 0.3) is 0 Å². The molecule has 0 radical (unpaired) electrons. The number of rotatable bonds is 4. The minimum Gasteiger partial charge on any atom is -0.254 e. The van der Waals surface area contributed by atoms with Gasteiger partial charge in [0.1, 0.15) is 0 Å². The zero-order valence-electron chi connectivity index (χ0n) is 23.9. The van der Waals surface area contributed by atoms with E-state index in [2.05, 4.69) is 71.7 Å². The summed E-state index contributed by atoms with van der Waals surface area (Å²) in [6, 6.07) is 45.6. The lowest BCUT2D eigenvalue weighted by molar-refractivity contribution is 1.08. The summed E-state index contributed by atoms with van der Waals surface area (Å²) in [4.78, 5) is 25.0. The first-order valence-electron chi connectivity index (χ1n) is 14.8. The zero-order chi connectivity index (χ0) is 29.7. The van der Waals surface area contributed by atoms with Crippen molar-refractivity contribution in [2.24, 2.45) is 0 Å². The first-order valence-corrected chi connectivity index (χ1v) is 15.6. The second kappa shape index (κ2) is 10.4. The van der Waals surface area contributed by atoms with Crippen LogP contribution in [0.1, 0.15) is 0 Å². The van der Waals surface area contributed by atoms with E-state index in [1.54, 1.807) is 11.3 Å². The second-order valence-corrected chi connectivity index (χ2v) is 12.0. The highest BCUT2D eigenvalue weighted by atomic mass is 32.1. The number of pyridine rings is 2. The molecular formula is C39H23N5S. The molecule has 9 aromatic rings. The molecule has 0 aliphatic rings. The lowest BCUT2D eigenvalue weighted by atomic mass is 10.00. The van der Waals surface area contributed by atoms with Crippen molar-refractivity contribution < 1.29 is 0 Å². The SMILES string of the molecule is c1ccc(-c2nc(-c3ccccc3)nc(-c3cc(-c4ccc5ccc6cccnc6c5n4)cc4sc5ccccc5c34)n2)cc1. The standard InChI is InChI=1S/C39H23N5S/c1-3-10-26(11-4-1)37-42-38(27-12-5-2-6-13-27)44-39(43-37)30-22-28(23-33-34(30)29-15-7-8-16-32(29)45-33)31-20-19-25-18-17-24-14-9-21-40-35(24)36(25)41-31/h1-23H. The summed E-state index contributed by atoms with van der Waals surface area (Å²) < 4.78 is 2.37. The molecule has 9 rings (SSSR count). The average molecular weight is 594 g/mol. The first-order chi connectivity index (χ1) is 22.3. The van der Waals surface area contributed by atoms with Crippen molar-refractivity contribution in [2.75, 3.05) is 0 Å². The Bertz CT molecular complexity index is 2480. The molecule has 0 aliphatic heterocycles. The predicted molar refractivity (Wildman–Crippen MR) is 185 cm³/mol. The Morgan fingerprint density at radius 3 is 1.84 bits per heavy atom. The maximum Gasteiger partial charge on any atom is 0.164 e. The third-order valence-corrected chi connectivity index (χ3v) is 9.26. The van der Waals surface area contributed by atoms with Crippen LogP contribution in [-0.2, 0) is 0 Å². The third kappa shape index (κ3) is 4.42. The van der Waals surface area contributed by atoms with Crippen LogP contribution in [0.2, 0.25) is 0 Å². The summed E-state index contributed by atoms with van der Waals surface area (Å²) in [5.41, 5.74) is 6.50. The molecule has 0 amide bonds. The molecular weight excluding hydrogens is 571 g/mol. The van der Waals surface area contributed by atoms with Gasteiger partial charge < -0.3 is 0 Å². The van der Waals surface area contributed by atoms with Gasteiger partial charge in [-0.05, 0) is 30.3 Å². The average Bonchev–Trinajstić information content (AvgIpc) is 3.50. The molecule has 4 heterocycles. The number of thiophene rings is 1. The van der Waals surface area contributed by atoms with E-state index >= 15 is 0 Å². The van der Waals surface area contributed by atoms with Gasteiger partial charge in [-0.1, -0.05) is 103 Å². The number of hydrogen-bond acceptors (Lipinski definition) is 6. The second-order valence-electron chi connectivity index (χ2n) is 10.9. The summed E-state index contributed by atoms with van der Waals surface area (Å²) in [6.45, 7) is 0. The van der Waals surface area contributed by atoms with Crippen molar-refractivity contribution in [2.45, 2.75) is 0 Å². The first kappa shape index (κ1) is 25.6. The van der Waals surface area contributed by atoms with Gasteiger partial charge in [0, 0.05) is 59.4 Å². The highest BCUT2D eigenvalue weighted by Crippen LogP contribution is 2.42. The summed E-state index contributed by atoms with van der Waals surface area (Å²) in [5, 5.41) is 4.45. The number of fused-ring (bicyclic) bond motifs is 6. The van der Waals surface area contributed by atoms with Crippen molar-refractivity contribution in [3.63, 3.8) is 0 Å². The Labute approximate surface area is 262 Å². The molecule has 0 saturated heterocycles. The van der Waals surface area contributed by atoms with Crippen LogP contribution in [0, 0.1) is 0 Å². The Morgan fingerprint density at radius 2 is 1.09 bits per heavy atom. The molecule has 0 aliphatic carbocycles. The third-order valence-electron chi connectivity index (χ3n) is 8.15. The molecule has 0 N–H and O–H groups in total. The number of hydrogen-bond donors (Lipinski definition) is 0. The molecule has 5 nitrogen and oxygen atoms in total. The molecule has 45 heavy (non-hydrogen) atoms. The van der Waals surface area contributed by atoms with Crippen LogP contribution in [-0.4, -0.2) is 24.9 Å². The Kier molecular flexibility index (Phi) is 5.92. The summed E-state index contributed by atoms with van der Waals surface area (Å²) >= 11 is 1.78. The minimum absolute atomic E-state index is 0.631. The highest BCUT2D eigenvalue weighted by molar-refractivity contribution is 7.26. The van der Waals surface area contributed by atoms with E-state index in [1.165, 1.54) is 10.1 Å². The van der Waals surface area contributed by atoms with E-state index in [1.807, 2.05) is 72.9 Å². The van der Waals surface area contributed by atoms with E-state index < -0.39 is 0 Å². The van der Waals surface area contributed by atoms with Gasteiger partial charge >= 0.3 is 0 Å². The molecule has 4 aromatic heterocycles. The van der Waals surface area contributed by atoms with E-state index in [0.29, 0.717) is 17.5 Å². The zero-order valence-corrected chi connectivity index (χ0v) is 24.7. The lowest BCUT2D eigenvalue weighted by Crippen LogP contribution is -2.00. The van der Waals surface area contributed by atoms with E-state index in [4.69, 9.17) is 19.9 Å². The van der Waals surface area contributed by atoms with Crippen LogP contribution in [0.25, 0.3) is 87.4 Å². The summed E-state index contributed by atoms with van der Waals surface area (Å²) in [6.07, 6.45) is 1.83.